The average molecular weight is 287 g/mol. The Bertz CT molecular complexity index is 416. The molecule has 0 unspecified atom stereocenters. The average Bonchev–Trinajstić information content (AvgIpc) is 2.24. The number of para-hydroxylation sites is 1. The van der Waals surface area contributed by atoms with E-state index in [4.69, 9.17) is 22.1 Å². The van der Waals surface area contributed by atoms with Crippen molar-refractivity contribution >= 4 is 28.5 Å². The lowest BCUT2D eigenvalue weighted by Gasteiger charge is -2.13. The first-order chi connectivity index (χ1) is 8.38. The second kappa shape index (κ2) is 6.90. The topological polar surface area (TPSA) is 47.6 Å². The number of benzene rings is 1. The maximum absolute atomic E-state index is 5.97. The number of halogens is 1. The lowest BCUT2D eigenvalue weighted by atomic mass is 10.1. The number of hydrogen-bond donors (Lipinski definition) is 1. The highest BCUT2D eigenvalue weighted by atomic mass is 35.5. The second-order valence-corrected chi connectivity index (χ2v) is 6.27. The van der Waals surface area contributed by atoms with E-state index in [9.17, 15) is 0 Å². The van der Waals surface area contributed by atoms with Crippen molar-refractivity contribution in [3.63, 3.8) is 0 Å². The summed E-state index contributed by atoms with van der Waals surface area (Å²) in [5.41, 5.74) is 5.66. The van der Waals surface area contributed by atoms with Crippen LogP contribution >= 0.6 is 23.4 Å². The SMILES string of the molecule is CC(C)(C)N=C(N)SCCOc1ccccc1Cl. The summed E-state index contributed by atoms with van der Waals surface area (Å²) in [5, 5.41) is 1.21. The van der Waals surface area contributed by atoms with Crippen LogP contribution < -0.4 is 10.5 Å². The number of nitrogens with zero attached hydrogens (tertiary/aromatic N) is 1. The van der Waals surface area contributed by atoms with Gasteiger partial charge in [-0.3, -0.25) is 4.99 Å². The Morgan fingerprint density at radius 3 is 2.67 bits per heavy atom. The highest BCUT2D eigenvalue weighted by Crippen LogP contribution is 2.23. The van der Waals surface area contributed by atoms with Gasteiger partial charge in [-0.25, -0.2) is 0 Å². The molecule has 0 atom stereocenters. The third-order valence-electron chi connectivity index (χ3n) is 1.87. The molecule has 3 nitrogen and oxygen atoms in total. The Kier molecular flexibility index (Phi) is 5.82. The van der Waals surface area contributed by atoms with E-state index in [-0.39, 0.29) is 5.54 Å². The summed E-state index contributed by atoms with van der Waals surface area (Å²) >= 11 is 7.46. The minimum atomic E-state index is -0.138. The predicted octanol–water partition coefficient (Wildman–Crippen LogP) is 3.57. The maximum Gasteiger partial charge on any atom is 0.154 e. The molecule has 18 heavy (non-hydrogen) atoms. The molecule has 0 aliphatic carbocycles. The number of thioether (sulfide) groups is 1. The molecule has 0 aliphatic rings. The van der Waals surface area contributed by atoms with Gasteiger partial charge >= 0.3 is 0 Å². The Hall–Kier alpha value is -0.870. The third kappa shape index (κ3) is 6.17. The first-order valence-corrected chi connectivity index (χ1v) is 7.10. The van der Waals surface area contributed by atoms with Crippen molar-refractivity contribution in [3.05, 3.63) is 29.3 Å². The summed E-state index contributed by atoms with van der Waals surface area (Å²) in [6.07, 6.45) is 0. The lowest BCUT2D eigenvalue weighted by Crippen LogP contribution is -2.18. The van der Waals surface area contributed by atoms with Gasteiger partial charge in [0.15, 0.2) is 5.17 Å². The molecule has 100 valence electrons. The normalized spacial score (nSPS) is 12.6. The molecule has 0 radical (unpaired) electrons. The molecule has 1 aromatic rings. The fraction of sp³-hybridized carbons (Fsp3) is 0.462. The minimum absolute atomic E-state index is 0.138. The zero-order valence-corrected chi connectivity index (χ0v) is 12.5. The summed E-state index contributed by atoms with van der Waals surface area (Å²) in [6.45, 7) is 6.59. The van der Waals surface area contributed by atoms with Gasteiger partial charge in [0.2, 0.25) is 0 Å². The van der Waals surface area contributed by atoms with E-state index in [2.05, 4.69) is 4.99 Å². The Morgan fingerprint density at radius 2 is 2.06 bits per heavy atom. The standard InChI is InChI=1S/C13H19ClN2OS/c1-13(2,3)16-12(15)18-9-8-17-11-7-5-4-6-10(11)14/h4-7H,8-9H2,1-3H3,(H2,15,16). The van der Waals surface area contributed by atoms with Crippen molar-refractivity contribution < 1.29 is 4.74 Å². The van der Waals surface area contributed by atoms with Gasteiger partial charge in [0.25, 0.3) is 0 Å². The van der Waals surface area contributed by atoms with Crippen LogP contribution in [0, 0.1) is 0 Å². The van der Waals surface area contributed by atoms with Crippen LogP contribution in [0.3, 0.4) is 0 Å². The molecule has 0 spiro atoms. The Labute approximate surface area is 118 Å². The molecule has 0 aliphatic heterocycles. The number of rotatable bonds is 4. The Balaban J connectivity index is 2.32. The van der Waals surface area contributed by atoms with Gasteiger partial charge in [0.05, 0.1) is 17.2 Å². The van der Waals surface area contributed by atoms with E-state index in [1.165, 1.54) is 11.8 Å². The zero-order valence-electron chi connectivity index (χ0n) is 10.9. The van der Waals surface area contributed by atoms with Crippen molar-refractivity contribution in [2.75, 3.05) is 12.4 Å². The summed E-state index contributed by atoms with van der Waals surface area (Å²) in [4.78, 5) is 4.35. The van der Waals surface area contributed by atoms with Crippen LogP contribution in [0.4, 0.5) is 0 Å². The Morgan fingerprint density at radius 1 is 1.39 bits per heavy atom. The third-order valence-corrected chi connectivity index (χ3v) is 2.94. The summed E-state index contributed by atoms with van der Waals surface area (Å²) in [7, 11) is 0. The van der Waals surface area contributed by atoms with Crippen molar-refractivity contribution in [1.82, 2.24) is 0 Å². The molecule has 0 saturated carbocycles. The van der Waals surface area contributed by atoms with E-state index in [0.717, 1.165) is 5.75 Å². The van der Waals surface area contributed by atoms with Crippen molar-refractivity contribution in [3.8, 4) is 5.75 Å². The van der Waals surface area contributed by atoms with Gasteiger partial charge in [-0.2, -0.15) is 0 Å². The van der Waals surface area contributed by atoms with E-state index in [1.54, 1.807) is 6.07 Å². The van der Waals surface area contributed by atoms with Gasteiger partial charge in [-0.15, -0.1) is 0 Å². The van der Waals surface area contributed by atoms with E-state index < -0.39 is 0 Å². The van der Waals surface area contributed by atoms with Crippen molar-refractivity contribution in [1.29, 1.82) is 0 Å². The fourth-order valence-electron chi connectivity index (χ4n) is 1.22. The molecule has 0 amide bonds. The van der Waals surface area contributed by atoms with Gasteiger partial charge < -0.3 is 10.5 Å². The van der Waals surface area contributed by atoms with E-state index in [1.807, 2.05) is 39.0 Å². The zero-order chi connectivity index (χ0) is 13.6. The monoisotopic (exact) mass is 286 g/mol. The van der Waals surface area contributed by atoms with E-state index in [0.29, 0.717) is 22.5 Å². The molecule has 0 aromatic heterocycles. The smallest absolute Gasteiger partial charge is 0.154 e. The molecular formula is C13H19ClN2OS. The van der Waals surface area contributed by atoms with Gasteiger partial charge in [0, 0.05) is 5.75 Å². The van der Waals surface area contributed by atoms with Crippen LogP contribution in [-0.4, -0.2) is 23.1 Å². The number of nitrogens with two attached hydrogens (primary N) is 1. The maximum atomic E-state index is 5.97. The molecular weight excluding hydrogens is 268 g/mol. The fourth-order valence-corrected chi connectivity index (χ4v) is 2.13. The number of ether oxygens (including phenoxy) is 1. The van der Waals surface area contributed by atoms with Gasteiger partial charge in [-0.1, -0.05) is 35.5 Å². The van der Waals surface area contributed by atoms with Gasteiger partial charge in [-0.05, 0) is 32.9 Å². The van der Waals surface area contributed by atoms with Crippen LogP contribution in [0.2, 0.25) is 5.02 Å². The molecule has 1 aromatic carbocycles. The number of amidine groups is 1. The summed E-state index contributed by atoms with van der Waals surface area (Å²) in [5.74, 6) is 1.45. The molecule has 0 heterocycles. The van der Waals surface area contributed by atoms with Crippen molar-refractivity contribution in [2.45, 2.75) is 26.3 Å². The quantitative estimate of drug-likeness (QED) is 0.523. The highest BCUT2D eigenvalue weighted by Gasteiger charge is 2.08. The van der Waals surface area contributed by atoms with Crippen molar-refractivity contribution in [2.24, 2.45) is 10.7 Å². The van der Waals surface area contributed by atoms with Crippen LogP contribution in [-0.2, 0) is 0 Å². The molecule has 5 heteroatoms. The molecule has 1 rings (SSSR count). The van der Waals surface area contributed by atoms with E-state index >= 15 is 0 Å². The van der Waals surface area contributed by atoms with Crippen LogP contribution in [0.5, 0.6) is 5.75 Å². The minimum Gasteiger partial charge on any atom is -0.491 e. The van der Waals surface area contributed by atoms with Gasteiger partial charge in [0.1, 0.15) is 5.75 Å². The van der Waals surface area contributed by atoms with Crippen LogP contribution in [0.1, 0.15) is 20.8 Å². The first-order valence-electron chi connectivity index (χ1n) is 5.74. The summed E-state index contributed by atoms with van der Waals surface area (Å²) in [6, 6.07) is 7.42. The van der Waals surface area contributed by atoms with Crippen LogP contribution in [0.25, 0.3) is 0 Å². The number of aliphatic imine (C=N–C) groups is 1. The summed E-state index contributed by atoms with van der Waals surface area (Å²) < 4.78 is 5.55. The highest BCUT2D eigenvalue weighted by molar-refractivity contribution is 8.13. The van der Waals surface area contributed by atoms with Crippen LogP contribution in [0.15, 0.2) is 29.3 Å². The number of hydrogen-bond acceptors (Lipinski definition) is 3. The molecule has 2 N–H and O–H groups in total. The first kappa shape index (κ1) is 15.2. The largest absolute Gasteiger partial charge is 0.491 e. The lowest BCUT2D eigenvalue weighted by molar-refractivity contribution is 0.344. The molecule has 0 fully saturated rings. The molecule has 0 saturated heterocycles. The predicted molar refractivity (Wildman–Crippen MR) is 80.8 cm³/mol. The molecule has 0 bridgehead atoms. The second-order valence-electron chi connectivity index (χ2n) is 4.75.